The van der Waals surface area contributed by atoms with Crippen molar-refractivity contribution in [3.8, 4) is 12.1 Å². The highest BCUT2D eigenvalue weighted by Crippen LogP contribution is 2.34. The van der Waals surface area contributed by atoms with E-state index in [0.29, 0.717) is 17.0 Å². The predicted molar refractivity (Wildman–Crippen MR) is 97.7 cm³/mol. The standard InChI is InChI=1S/C19H16N4S/c1-12(2)16-6-7-17(19-18(16)14(10-21)11-22-19)23-24-15-5-3-4-13(8-15)9-20/h3-8,11-12,22-23H,1-2H3. The van der Waals surface area contributed by atoms with E-state index in [1.54, 1.807) is 12.3 Å². The van der Waals surface area contributed by atoms with Gasteiger partial charge in [0, 0.05) is 16.5 Å². The number of benzene rings is 2. The van der Waals surface area contributed by atoms with Gasteiger partial charge in [0.05, 0.1) is 28.4 Å². The molecule has 3 rings (SSSR count). The zero-order valence-corrected chi connectivity index (χ0v) is 14.2. The third-order valence-corrected chi connectivity index (χ3v) is 4.66. The number of hydrogen-bond donors (Lipinski definition) is 2. The van der Waals surface area contributed by atoms with Crippen molar-refractivity contribution in [3.05, 3.63) is 59.3 Å². The first-order valence-corrected chi connectivity index (χ1v) is 8.42. The van der Waals surface area contributed by atoms with Crippen LogP contribution in [-0.4, -0.2) is 4.98 Å². The van der Waals surface area contributed by atoms with E-state index in [0.717, 1.165) is 27.0 Å². The van der Waals surface area contributed by atoms with Crippen LogP contribution in [0.3, 0.4) is 0 Å². The Hall–Kier alpha value is -2.89. The number of rotatable bonds is 4. The molecule has 0 spiro atoms. The maximum absolute atomic E-state index is 9.36. The molecule has 0 aliphatic carbocycles. The van der Waals surface area contributed by atoms with Crippen molar-refractivity contribution < 1.29 is 0 Å². The summed E-state index contributed by atoms with van der Waals surface area (Å²) in [5.74, 6) is 0.337. The van der Waals surface area contributed by atoms with Crippen molar-refractivity contribution in [2.45, 2.75) is 24.7 Å². The van der Waals surface area contributed by atoms with E-state index >= 15 is 0 Å². The van der Waals surface area contributed by atoms with Gasteiger partial charge in [-0.05, 0) is 47.7 Å². The van der Waals surface area contributed by atoms with Crippen molar-refractivity contribution >= 4 is 28.5 Å². The Bertz CT molecular complexity index is 973. The normalized spacial score (nSPS) is 10.5. The van der Waals surface area contributed by atoms with Crippen LogP contribution in [0.15, 0.2) is 47.5 Å². The van der Waals surface area contributed by atoms with E-state index in [4.69, 9.17) is 5.26 Å². The van der Waals surface area contributed by atoms with Crippen LogP contribution in [0.1, 0.15) is 36.5 Å². The molecule has 2 aromatic carbocycles. The number of aromatic amines is 1. The van der Waals surface area contributed by atoms with Gasteiger partial charge >= 0.3 is 0 Å². The quantitative estimate of drug-likeness (QED) is 0.648. The van der Waals surface area contributed by atoms with E-state index in [9.17, 15) is 5.26 Å². The molecule has 0 aliphatic rings. The Morgan fingerprint density at radius 3 is 2.67 bits per heavy atom. The van der Waals surface area contributed by atoms with Crippen LogP contribution >= 0.6 is 11.9 Å². The monoisotopic (exact) mass is 332 g/mol. The van der Waals surface area contributed by atoms with Gasteiger partial charge in [-0.15, -0.1) is 0 Å². The smallest absolute Gasteiger partial charge is 0.101 e. The lowest BCUT2D eigenvalue weighted by Gasteiger charge is -2.12. The maximum atomic E-state index is 9.36. The minimum atomic E-state index is 0.337. The summed E-state index contributed by atoms with van der Waals surface area (Å²) in [6.45, 7) is 4.25. The lowest BCUT2D eigenvalue weighted by atomic mass is 9.96. The molecule has 1 aromatic heterocycles. The van der Waals surface area contributed by atoms with Gasteiger partial charge in [-0.25, -0.2) is 0 Å². The van der Waals surface area contributed by atoms with Crippen LogP contribution in [0.5, 0.6) is 0 Å². The Morgan fingerprint density at radius 1 is 1.12 bits per heavy atom. The maximum Gasteiger partial charge on any atom is 0.101 e. The molecule has 1 heterocycles. The van der Waals surface area contributed by atoms with Crippen molar-refractivity contribution in [3.63, 3.8) is 0 Å². The van der Waals surface area contributed by atoms with Gasteiger partial charge < -0.3 is 9.71 Å². The summed E-state index contributed by atoms with van der Waals surface area (Å²) in [4.78, 5) is 4.17. The van der Waals surface area contributed by atoms with E-state index < -0.39 is 0 Å². The summed E-state index contributed by atoms with van der Waals surface area (Å²) in [7, 11) is 0. The van der Waals surface area contributed by atoms with Crippen LogP contribution in [0.4, 0.5) is 5.69 Å². The highest BCUT2D eigenvalue weighted by atomic mass is 32.2. The molecule has 0 aliphatic heterocycles. The summed E-state index contributed by atoms with van der Waals surface area (Å²) in [6, 6.07) is 15.9. The van der Waals surface area contributed by atoms with Crippen LogP contribution in [0.2, 0.25) is 0 Å². The highest BCUT2D eigenvalue weighted by Gasteiger charge is 2.14. The third-order valence-electron chi connectivity index (χ3n) is 3.85. The molecule has 24 heavy (non-hydrogen) atoms. The zero-order valence-electron chi connectivity index (χ0n) is 13.4. The molecule has 3 aromatic rings. The van der Waals surface area contributed by atoms with Crippen molar-refractivity contribution in [2.24, 2.45) is 0 Å². The lowest BCUT2D eigenvalue weighted by Crippen LogP contribution is -1.94. The van der Waals surface area contributed by atoms with Gasteiger partial charge in [0.15, 0.2) is 0 Å². The topological polar surface area (TPSA) is 75.4 Å². The summed E-state index contributed by atoms with van der Waals surface area (Å²) in [6.07, 6.45) is 1.75. The van der Waals surface area contributed by atoms with Crippen LogP contribution < -0.4 is 4.72 Å². The van der Waals surface area contributed by atoms with Crippen LogP contribution in [0.25, 0.3) is 10.9 Å². The molecule has 0 saturated carbocycles. The number of hydrogen-bond acceptors (Lipinski definition) is 4. The number of H-pyrrole nitrogens is 1. The fourth-order valence-electron chi connectivity index (χ4n) is 2.67. The molecule has 5 heteroatoms. The summed E-state index contributed by atoms with van der Waals surface area (Å²) >= 11 is 1.44. The summed E-state index contributed by atoms with van der Waals surface area (Å²) in [5, 5.41) is 19.3. The molecule has 118 valence electrons. The van der Waals surface area contributed by atoms with E-state index in [1.807, 2.05) is 24.3 Å². The molecule has 0 amide bonds. The second-order valence-corrected chi connectivity index (χ2v) is 6.64. The third kappa shape index (κ3) is 2.95. The number of anilines is 1. The number of fused-ring (bicyclic) bond motifs is 1. The number of nitriles is 2. The lowest BCUT2D eigenvalue weighted by molar-refractivity contribution is 0.876. The highest BCUT2D eigenvalue weighted by molar-refractivity contribution is 8.00. The molecule has 0 unspecified atom stereocenters. The Kier molecular flexibility index (Phi) is 4.46. The fourth-order valence-corrected chi connectivity index (χ4v) is 3.40. The van der Waals surface area contributed by atoms with Crippen LogP contribution in [0, 0.1) is 22.7 Å². The molecule has 0 fully saturated rings. The second-order valence-electron chi connectivity index (χ2n) is 5.76. The van der Waals surface area contributed by atoms with Gasteiger partial charge in [0.25, 0.3) is 0 Å². The Balaban J connectivity index is 1.96. The molecule has 2 N–H and O–H groups in total. The van der Waals surface area contributed by atoms with E-state index in [1.165, 1.54) is 11.9 Å². The largest absolute Gasteiger partial charge is 0.358 e. The first-order chi connectivity index (χ1) is 11.6. The average Bonchev–Trinajstić information content (AvgIpc) is 3.04. The van der Waals surface area contributed by atoms with Gasteiger partial charge in [0.1, 0.15) is 6.07 Å². The van der Waals surface area contributed by atoms with Gasteiger partial charge in [-0.2, -0.15) is 10.5 Å². The number of nitrogens with one attached hydrogen (secondary N) is 2. The average molecular weight is 332 g/mol. The molecular weight excluding hydrogens is 316 g/mol. The molecular formula is C19H16N4S. The number of nitrogens with zero attached hydrogens (tertiary/aromatic N) is 2. The SMILES string of the molecule is CC(C)c1ccc(NSc2cccc(C#N)c2)c2[nH]cc(C#N)c12. The van der Waals surface area contributed by atoms with Crippen molar-refractivity contribution in [2.75, 3.05) is 4.72 Å². The van der Waals surface area contributed by atoms with E-state index in [2.05, 4.69) is 41.8 Å². The summed E-state index contributed by atoms with van der Waals surface area (Å²) in [5.41, 5.74) is 4.30. The van der Waals surface area contributed by atoms with E-state index in [-0.39, 0.29) is 0 Å². The van der Waals surface area contributed by atoms with Crippen molar-refractivity contribution in [1.29, 1.82) is 10.5 Å². The predicted octanol–water partition coefficient (Wildman–Crippen LogP) is 5.15. The van der Waals surface area contributed by atoms with Gasteiger partial charge in [-0.3, -0.25) is 0 Å². The number of aromatic nitrogens is 1. The molecule has 0 saturated heterocycles. The minimum absolute atomic E-state index is 0.337. The Morgan fingerprint density at radius 2 is 1.96 bits per heavy atom. The second kappa shape index (κ2) is 6.70. The first-order valence-electron chi connectivity index (χ1n) is 7.61. The molecule has 0 bridgehead atoms. The first kappa shape index (κ1) is 16.0. The zero-order chi connectivity index (χ0) is 17.1. The Labute approximate surface area is 145 Å². The molecule has 4 nitrogen and oxygen atoms in total. The van der Waals surface area contributed by atoms with Gasteiger partial charge in [0.2, 0.25) is 0 Å². The molecule has 0 atom stereocenters. The van der Waals surface area contributed by atoms with Gasteiger partial charge in [-0.1, -0.05) is 26.0 Å². The summed E-state index contributed by atoms with van der Waals surface area (Å²) < 4.78 is 3.33. The molecule has 0 radical (unpaired) electrons. The fraction of sp³-hybridized carbons (Fsp3) is 0.158. The van der Waals surface area contributed by atoms with Crippen LogP contribution in [-0.2, 0) is 0 Å². The van der Waals surface area contributed by atoms with Crippen molar-refractivity contribution in [1.82, 2.24) is 4.98 Å². The minimum Gasteiger partial charge on any atom is -0.358 e.